The Bertz CT molecular complexity index is 1010. The minimum absolute atomic E-state index is 0.0501. The Labute approximate surface area is 262 Å². The molecule has 236 valence electrons. The summed E-state index contributed by atoms with van der Waals surface area (Å²) in [6.45, 7) is 13.2. The summed E-state index contributed by atoms with van der Waals surface area (Å²) in [4.78, 5) is 12.1. The van der Waals surface area contributed by atoms with Crippen molar-refractivity contribution in [1.29, 1.82) is 0 Å². The van der Waals surface area contributed by atoms with Crippen LogP contribution in [0.15, 0.2) is 40.6 Å². The van der Waals surface area contributed by atoms with Crippen molar-refractivity contribution in [2.24, 2.45) is 11.8 Å². The van der Waals surface area contributed by atoms with Crippen molar-refractivity contribution in [3.05, 3.63) is 40.6 Å². The maximum Gasteiger partial charge on any atom is 0.199 e. The number of aldehydes is 1. The topological polar surface area (TPSA) is 72.5 Å². The van der Waals surface area contributed by atoms with E-state index in [0.29, 0.717) is 39.1 Å². The van der Waals surface area contributed by atoms with Gasteiger partial charge in [0.25, 0.3) is 0 Å². The normalized spacial score (nSPS) is 29.3. The van der Waals surface area contributed by atoms with E-state index in [1.807, 2.05) is 24.3 Å². The highest BCUT2D eigenvalue weighted by molar-refractivity contribution is 9.10. The fourth-order valence-corrected chi connectivity index (χ4v) is 7.62. The SMILES string of the molecule is CC(C)(C)[Si](C)(C)OC1C[C@H](OC2CCCCO2)[C@H](/C(=C\CCOc2cccc(Br)c2)OC2CCCCO2)[C@@H]1CC=O. The number of halogens is 1. The molecule has 7 nitrogen and oxygen atoms in total. The highest BCUT2D eigenvalue weighted by Crippen LogP contribution is 2.47. The molecule has 3 unspecified atom stereocenters. The smallest absolute Gasteiger partial charge is 0.199 e. The Morgan fingerprint density at radius 2 is 1.76 bits per heavy atom. The molecule has 3 fully saturated rings. The van der Waals surface area contributed by atoms with Crippen LogP contribution in [0.3, 0.4) is 0 Å². The molecule has 1 aromatic carbocycles. The predicted molar refractivity (Wildman–Crippen MR) is 170 cm³/mol. The van der Waals surface area contributed by atoms with Crippen molar-refractivity contribution >= 4 is 30.5 Å². The van der Waals surface area contributed by atoms with Crippen LogP contribution in [0, 0.1) is 11.8 Å². The summed E-state index contributed by atoms with van der Waals surface area (Å²) in [6.07, 6.45) is 10.0. The lowest BCUT2D eigenvalue weighted by Gasteiger charge is -2.40. The minimum Gasteiger partial charge on any atom is -0.493 e. The molecule has 2 saturated heterocycles. The first-order valence-electron chi connectivity index (χ1n) is 15.8. The van der Waals surface area contributed by atoms with E-state index >= 15 is 0 Å². The average Bonchev–Trinajstić information content (AvgIpc) is 3.26. The second-order valence-corrected chi connectivity index (χ2v) is 19.0. The van der Waals surface area contributed by atoms with Gasteiger partial charge in [0.05, 0.1) is 25.4 Å². The van der Waals surface area contributed by atoms with Crippen LogP contribution in [0.25, 0.3) is 0 Å². The molecule has 4 rings (SSSR count). The molecule has 0 radical (unpaired) electrons. The number of hydrogen-bond acceptors (Lipinski definition) is 7. The quantitative estimate of drug-likeness (QED) is 0.0910. The summed E-state index contributed by atoms with van der Waals surface area (Å²) in [6, 6.07) is 7.86. The van der Waals surface area contributed by atoms with Crippen LogP contribution >= 0.6 is 15.9 Å². The lowest BCUT2D eigenvalue weighted by Crippen LogP contribution is -2.45. The molecule has 2 aliphatic heterocycles. The molecular formula is C33H51BrO7Si. The van der Waals surface area contributed by atoms with Gasteiger partial charge in [0.2, 0.25) is 0 Å². The Hall–Kier alpha value is -1.23. The van der Waals surface area contributed by atoms with Gasteiger partial charge in [-0.3, -0.25) is 0 Å². The van der Waals surface area contributed by atoms with Gasteiger partial charge in [-0.05, 0) is 80.9 Å². The van der Waals surface area contributed by atoms with Gasteiger partial charge in [-0.25, -0.2) is 0 Å². The lowest BCUT2D eigenvalue weighted by atomic mass is 9.88. The summed E-state index contributed by atoms with van der Waals surface area (Å²) in [5.74, 6) is 1.43. The van der Waals surface area contributed by atoms with Crippen molar-refractivity contribution < 1.29 is 32.9 Å². The van der Waals surface area contributed by atoms with E-state index in [1.165, 1.54) is 0 Å². The van der Waals surface area contributed by atoms with Crippen LogP contribution in [0.2, 0.25) is 18.1 Å². The van der Waals surface area contributed by atoms with Crippen molar-refractivity contribution in [2.75, 3.05) is 19.8 Å². The van der Waals surface area contributed by atoms with E-state index < -0.39 is 8.32 Å². The Morgan fingerprint density at radius 1 is 1.05 bits per heavy atom. The molecule has 1 aliphatic carbocycles. The zero-order chi connectivity index (χ0) is 30.2. The monoisotopic (exact) mass is 666 g/mol. The van der Waals surface area contributed by atoms with Gasteiger partial charge >= 0.3 is 0 Å². The zero-order valence-electron chi connectivity index (χ0n) is 26.1. The summed E-state index contributed by atoms with van der Waals surface area (Å²) in [5, 5.41) is 0.0501. The third kappa shape index (κ3) is 9.38. The van der Waals surface area contributed by atoms with Gasteiger partial charge in [-0.15, -0.1) is 0 Å². The summed E-state index contributed by atoms with van der Waals surface area (Å²) >= 11 is 3.51. The van der Waals surface area contributed by atoms with Gasteiger partial charge < -0.3 is 32.9 Å². The van der Waals surface area contributed by atoms with Crippen LogP contribution in [0.1, 0.15) is 78.6 Å². The number of rotatable bonds is 13. The van der Waals surface area contributed by atoms with Gasteiger partial charge in [0, 0.05) is 42.2 Å². The molecule has 3 aliphatic rings. The number of carbonyl (C=O) groups is 1. The van der Waals surface area contributed by atoms with Crippen molar-refractivity contribution in [3.8, 4) is 5.75 Å². The fourth-order valence-electron chi connectivity index (χ4n) is 5.86. The molecule has 0 aromatic heterocycles. The van der Waals surface area contributed by atoms with Crippen molar-refractivity contribution in [1.82, 2.24) is 0 Å². The van der Waals surface area contributed by atoms with Crippen LogP contribution in [-0.4, -0.2) is 59.2 Å². The van der Waals surface area contributed by atoms with Gasteiger partial charge in [0.1, 0.15) is 17.8 Å². The molecule has 0 N–H and O–H groups in total. The fraction of sp³-hybridized carbons (Fsp3) is 0.727. The van der Waals surface area contributed by atoms with Crippen LogP contribution in [0.4, 0.5) is 0 Å². The van der Waals surface area contributed by atoms with Crippen LogP contribution in [0.5, 0.6) is 5.75 Å². The molecule has 1 saturated carbocycles. The second kappa shape index (κ2) is 15.7. The first kappa shape index (κ1) is 33.7. The van der Waals surface area contributed by atoms with Gasteiger partial charge in [-0.2, -0.15) is 0 Å². The molecule has 0 bridgehead atoms. The molecule has 2 heterocycles. The predicted octanol–water partition coefficient (Wildman–Crippen LogP) is 8.17. The lowest BCUT2D eigenvalue weighted by molar-refractivity contribution is -0.201. The summed E-state index contributed by atoms with van der Waals surface area (Å²) in [5.41, 5.74) is 0. The zero-order valence-corrected chi connectivity index (χ0v) is 28.7. The molecule has 0 amide bonds. The van der Waals surface area contributed by atoms with Gasteiger partial charge in [0.15, 0.2) is 20.9 Å². The standard InChI is InChI=1S/C33H51BrO7Si/c1-33(2,3)42(4,5)41-28-23-29(40-31-16-7-9-20-38-31)32(26(28)17-18-35)27(39-30-15-6-8-19-37-30)14-11-21-36-25-13-10-12-24(34)22-25/h10,12-14,18,22,26,28-32H,6-9,11,15-17,19-21,23H2,1-5H3/b27-14+/t26-,28?,29+,30?,31?,32+/m1/s1. The summed E-state index contributed by atoms with van der Waals surface area (Å²) in [7, 11) is -2.11. The van der Waals surface area contributed by atoms with E-state index in [9.17, 15) is 4.79 Å². The van der Waals surface area contributed by atoms with Crippen LogP contribution < -0.4 is 4.74 Å². The maximum absolute atomic E-state index is 12.1. The van der Waals surface area contributed by atoms with E-state index in [0.717, 1.165) is 60.8 Å². The first-order valence-corrected chi connectivity index (χ1v) is 19.5. The second-order valence-electron chi connectivity index (χ2n) is 13.3. The van der Waals surface area contributed by atoms with E-state index in [4.69, 9.17) is 28.1 Å². The summed E-state index contributed by atoms with van der Waals surface area (Å²) < 4.78 is 39.5. The van der Waals surface area contributed by atoms with E-state index in [1.54, 1.807) is 0 Å². The first-order chi connectivity index (χ1) is 20.1. The average molecular weight is 668 g/mol. The molecule has 42 heavy (non-hydrogen) atoms. The number of hydrogen-bond donors (Lipinski definition) is 0. The van der Waals surface area contributed by atoms with Crippen molar-refractivity contribution in [2.45, 2.75) is 121 Å². The molecule has 1 aromatic rings. The highest BCUT2D eigenvalue weighted by Gasteiger charge is 2.51. The van der Waals surface area contributed by atoms with E-state index in [2.05, 4.69) is 55.9 Å². The third-order valence-corrected chi connectivity index (χ3v) is 14.1. The van der Waals surface area contributed by atoms with Crippen LogP contribution in [-0.2, 0) is 28.2 Å². The largest absolute Gasteiger partial charge is 0.493 e. The number of carbonyl (C=O) groups excluding carboxylic acids is 1. The molecule has 6 atom stereocenters. The Balaban J connectivity index is 1.61. The van der Waals surface area contributed by atoms with Gasteiger partial charge in [-0.1, -0.05) is 42.8 Å². The molecule has 0 spiro atoms. The Kier molecular flexibility index (Phi) is 12.6. The van der Waals surface area contributed by atoms with Crippen molar-refractivity contribution in [3.63, 3.8) is 0 Å². The number of ether oxygens (including phenoxy) is 5. The van der Waals surface area contributed by atoms with E-state index in [-0.39, 0.29) is 41.7 Å². The molecule has 9 heteroatoms. The maximum atomic E-state index is 12.1. The molecular weight excluding hydrogens is 616 g/mol. The Morgan fingerprint density at radius 3 is 2.38 bits per heavy atom. The minimum atomic E-state index is -2.11. The third-order valence-electron chi connectivity index (χ3n) is 9.15. The highest BCUT2D eigenvalue weighted by atomic mass is 79.9. The number of benzene rings is 1.